The standard InChI is InChI=1S/C64H51N5/c1-40-39-63(2,3)52-37-36-47(38-53(52)64(40,4)5)68-54-26-16-15-25-51(54)57-58(68)49-23-13-12-22-48(49)56-50-24-14-17-27-55(50)69(59(56)57)62-66-60(45-32-28-43(29-33-45)41-18-8-6-9-19-41)65-61(67-62)46-34-30-44(31-35-46)42-20-10-7-11-21-42/h6-38,40H,39H2,1-5H3. The van der Waals surface area contributed by atoms with Gasteiger partial charge in [0.05, 0.1) is 22.1 Å². The Morgan fingerprint density at radius 1 is 0.406 bits per heavy atom. The Morgan fingerprint density at radius 3 is 1.45 bits per heavy atom. The van der Waals surface area contributed by atoms with Gasteiger partial charge in [-0.05, 0) is 86.2 Å². The van der Waals surface area contributed by atoms with Crippen molar-refractivity contribution in [2.75, 3.05) is 0 Å². The van der Waals surface area contributed by atoms with Crippen LogP contribution in [0.15, 0.2) is 200 Å². The highest BCUT2D eigenvalue weighted by molar-refractivity contribution is 6.36. The number of aromatic nitrogens is 5. The van der Waals surface area contributed by atoms with E-state index in [1.807, 2.05) is 0 Å². The normalized spacial score (nSPS) is 15.3. The molecule has 69 heavy (non-hydrogen) atoms. The molecule has 9 aromatic carbocycles. The van der Waals surface area contributed by atoms with E-state index in [4.69, 9.17) is 15.0 Å². The third kappa shape index (κ3) is 6.40. The molecular formula is C64H51N5. The van der Waals surface area contributed by atoms with E-state index in [1.165, 1.54) is 49.3 Å². The molecule has 0 saturated heterocycles. The second kappa shape index (κ2) is 15.4. The summed E-state index contributed by atoms with van der Waals surface area (Å²) >= 11 is 0. The number of rotatable bonds is 6. The zero-order valence-corrected chi connectivity index (χ0v) is 39.6. The van der Waals surface area contributed by atoms with E-state index >= 15 is 0 Å². The summed E-state index contributed by atoms with van der Waals surface area (Å²) in [6.07, 6.45) is 1.16. The molecule has 5 heteroatoms. The van der Waals surface area contributed by atoms with Crippen LogP contribution >= 0.6 is 0 Å². The fourth-order valence-corrected chi connectivity index (χ4v) is 11.7. The summed E-state index contributed by atoms with van der Waals surface area (Å²) < 4.78 is 4.85. The van der Waals surface area contributed by atoms with Crippen LogP contribution in [-0.4, -0.2) is 24.1 Å². The monoisotopic (exact) mass is 889 g/mol. The van der Waals surface area contributed by atoms with Crippen LogP contribution in [0.25, 0.3) is 111 Å². The second-order valence-corrected chi connectivity index (χ2v) is 20.3. The summed E-state index contributed by atoms with van der Waals surface area (Å²) in [5, 5.41) is 7.08. The van der Waals surface area contributed by atoms with Crippen LogP contribution in [-0.2, 0) is 10.8 Å². The zero-order valence-electron chi connectivity index (χ0n) is 39.6. The maximum Gasteiger partial charge on any atom is 0.238 e. The topological polar surface area (TPSA) is 48.5 Å². The summed E-state index contributed by atoms with van der Waals surface area (Å²) in [5.74, 6) is 2.32. The lowest BCUT2D eigenvalue weighted by Gasteiger charge is -2.46. The minimum Gasteiger partial charge on any atom is -0.309 e. The first-order valence-corrected chi connectivity index (χ1v) is 24.2. The van der Waals surface area contributed by atoms with Crippen molar-refractivity contribution < 1.29 is 0 Å². The summed E-state index contributed by atoms with van der Waals surface area (Å²) in [6.45, 7) is 12.1. The summed E-state index contributed by atoms with van der Waals surface area (Å²) in [5.41, 5.74) is 15.1. The maximum atomic E-state index is 5.49. The Labute approximate surface area is 402 Å². The van der Waals surface area contributed by atoms with Gasteiger partial charge in [0.2, 0.25) is 5.95 Å². The van der Waals surface area contributed by atoms with Crippen molar-refractivity contribution in [3.05, 3.63) is 211 Å². The fraction of sp³-hybridized carbons (Fsp3) is 0.141. The summed E-state index contributed by atoms with van der Waals surface area (Å²) in [7, 11) is 0. The minimum absolute atomic E-state index is 0.0131. The van der Waals surface area contributed by atoms with Crippen molar-refractivity contribution >= 4 is 54.4 Å². The Hall–Kier alpha value is -8.15. The highest BCUT2D eigenvalue weighted by atomic mass is 15.2. The molecule has 1 unspecified atom stereocenters. The van der Waals surface area contributed by atoms with Gasteiger partial charge in [-0.1, -0.05) is 211 Å². The van der Waals surface area contributed by atoms with Crippen LogP contribution in [0.5, 0.6) is 0 Å². The van der Waals surface area contributed by atoms with Crippen LogP contribution in [0.4, 0.5) is 0 Å². The smallest absolute Gasteiger partial charge is 0.238 e. The molecule has 332 valence electrons. The van der Waals surface area contributed by atoms with Crippen LogP contribution in [0.1, 0.15) is 52.2 Å². The van der Waals surface area contributed by atoms with Gasteiger partial charge in [0, 0.05) is 43.7 Å². The van der Waals surface area contributed by atoms with Gasteiger partial charge in [-0.3, -0.25) is 4.57 Å². The molecule has 5 nitrogen and oxygen atoms in total. The Balaban J connectivity index is 1.12. The summed E-state index contributed by atoms with van der Waals surface area (Å²) in [4.78, 5) is 16.3. The highest BCUT2D eigenvalue weighted by Gasteiger charge is 2.42. The Bertz CT molecular complexity index is 3870. The molecule has 1 aliphatic rings. The minimum atomic E-state index is 0.0131. The molecule has 13 rings (SSSR count). The van der Waals surface area contributed by atoms with Gasteiger partial charge in [0.25, 0.3) is 0 Å². The van der Waals surface area contributed by atoms with Crippen LogP contribution in [0, 0.1) is 5.92 Å². The van der Waals surface area contributed by atoms with Gasteiger partial charge < -0.3 is 4.57 Å². The van der Waals surface area contributed by atoms with Crippen molar-refractivity contribution in [2.24, 2.45) is 5.92 Å². The van der Waals surface area contributed by atoms with Crippen LogP contribution < -0.4 is 0 Å². The molecule has 0 bridgehead atoms. The third-order valence-electron chi connectivity index (χ3n) is 15.5. The van der Waals surface area contributed by atoms with Crippen molar-refractivity contribution in [3.8, 4) is 56.7 Å². The predicted molar refractivity (Wildman–Crippen MR) is 288 cm³/mol. The Morgan fingerprint density at radius 2 is 0.870 bits per heavy atom. The predicted octanol–water partition coefficient (Wildman–Crippen LogP) is 16.5. The van der Waals surface area contributed by atoms with E-state index in [0.717, 1.165) is 61.7 Å². The van der Waals surface area contributed by atoms with Crippen molar-refractivity contribution in [3.63, 3.8) is 0 Å². The molecule has 1 aliphatic carbocycles. The molecule has 3 heterocycles. The average Bonchev–Trinajstić information content (AvgIpc) is 3.93. The molecule has 0 N–H and O–H groups in total. The third-order valence-corrected chi connectivity index (χ3v) is 15.5. The lowest BCUT2D eigenvalue weighted by molar-refractivity contribution is 0.233. The van der Waals surface area contributed by atoms with E-state index in [1.54, 1.807) is 0 Å². The molecule has 3 aromatic heterocycles. The average molecular weight is 890 g/mol. The molecule has 0 fully saturated rings. The Kier molecular flexibility index (Phi) is 9.19. The van der Waals surface area contributed by atoms with Gasteiger partial charge in [-0.15, -0.1) is 0 Å². The molecule has 0 spiro atoms. The largest absolute Gasteiger partial charge is 0.309 e. The number of benzene rings is 9. The zero-order chi connectivity index (χ0) is 46.6. The molecule has 0 amide bonds. The number of fused-ring (bicyclic) bond motifs is 11. The van der Waals surface area contributed by atoms with Gasteiger partial charge in [0.1, 0.15) is 0 Å². The first kappa shape index (κ1) is 41.1. The number of hydrogen-bond acceptors (Lipinski definition) is 3. The van der Waals surface area contributed by atoms with E-state index < -0.39 is 0 Å². The van der Waals surface area contributed by atoms with Crippen molar-refractivity contribution in [1.29, 1.82) is 0 Å². The van der Waals surface area contributed by atoms with Gasteiger partial charge in [-0.25, -0.2) is 4.98 Å². The van der Waals surface area contributed by atoms with E-state index in [2.05, 4.69) is 244 Å². The van der Waals surface area contributed by atoms with Crippen molar-refractivity contribution in [1.82, 2.24) is 24.1 Å². The lowest BCUT2D eigenvalue weighted by Crippen LogP contribution is -2.40. The van der Waals surface area contributed by atoms with E-state index in [-0.39, 0.29) is 10.8 Å². The summed E-state index contributed by atoms with van der Waals surface area (Å²) in [6, 6.07) is 72.1. The van der Waals surface area contributed by atoms with Gasteiger partial charge in [-0.2, -0.15) is 9.97 Å². The lowest BCUT2D eigenvalue weighted by atomic mass is 9.58. The molecule has 12 aromatic rings. The number of nitrogens with zero attached hydrogens (tertiary/aromatic N) is 5. The molecule has 0 aliphatic heterocycles. The van der Waals surface area contributed by atoms with Gasteiger partial charge >= 0.3 is 0 Å². The first-order valence-electron chi connectivity index (χ1n) is 24.2. The van der Waals surface area contributed by atoms with Crippen LogP contribution in [0.2, 0.25) is 0 Å². The number of hydrogen-bond donors (Lipinski definition) is 0. The molecule has 1 atom stereocenters. The fourth-order valence-electron chi connectivity index (χ4n) is 11.7. The SMILES string of the molecule is CC1CC(C)(C)c2ccc(-n3c4ccccc4c4c3c3ccccc3c3c5ccccc5n(-c5nc(-c6ccc(-c7ccccc7)cc6)nc(-c6ccc(-c7ccccc7)cc6)n5)c34)cc2C1(C)C. The molecular weight excluding hydrogens is 839 g/mol. The molecule has 0 saturated carbocycles. The van der Waals surface area contributed by atoms with E-state index in [9.17, 15) is 0 Å². The van der Waals surface area contributed by atoms with Crippen LogP contribution in [0.3, 0.4) is 0 Å². The quantitative estimate of drug-likeness (QED) is 0.167. The second-order valence-electron chi connectivity index (χ2n) is 20.3. The van der Waals surface area contributed by atoms with Gasteiger partial charge in [0.15, 0.2) is 11.6 Å². The van der Waals surface area contributed by atoms with E-state index in [0.29, 0.717) is 23.5 Å². The number of para-hydroxylation sites is 2. The molecule has 0 radical (unpaired) electrons. The first-order chi connectivity index (χ1) is 33.6. The highest BCUT2D eigenvalue weighted by Crippen LogP contribution is 2.51. The van der Waals surface area contributed by atoms with Crippen molar-refractivity contribution in [2.45, 2.75) is 51.9 Å². The maximum absolute atomic E-state index is 5.49.